The fraction of sp³-hybridized carbons (Fsp3) is 0.227. The summed E-state index contributed by atoms with van der Waals surface area (Å²) in [5.74, 6) is -0.588. The number of allylic oxidation sites excluding steroid dienone is 1. The van der Waals surface area contributed by atoms with Gasteiger partial charge in [-0.25, -0.2) is 4.79 Å². The molecule has 0 atom stereocenters. The molecule has 0 aliphatic rings. The second-order valence-corrected chi connectivity index (χ2v) is 6.60. The van der Waals surface area contributed by atoms with E-state index in [2.05, 4.69) is 6.58 Å². The number of nitrogens with zero attached hydrogens (tertiary/aromatic N) is 3. The highest BCUT2D eigenvalue weighted by Crippen LogP contribution is 2.26. The predicted molar refractivity (Wildman–Crippen MR) is 106 cm³/mol. The number of esters is 1. The highest BCUT2D eigenvalue weighted by Gasteiger charge is 2.26. The van der Waals surface area contributed by atoms with Gasteiger partial charge in [0.15, 0.2) is 6.61 Å². The Kier molecular flexibility index (Phi) is 5.55. The number of rotatable bonds is 7. The summed E-state index contributed by atoms with van der Waals surface area (Å²) in [6, 6.07) is 7.31. The van der Waals surface area contributed by atoms with E-state index in [9.17, 15) is 14.9 Å². The summed E-state index contributed by atoms with van der Waals surface area (Å²) in [5, 5.41) is 9.53. The minimum absolute atomic E-state index is 0.0288. The average Bonchev–Trinajstić information content (AvgIpc) is 3.40. The molecule has 0 radical (unpaired) electrons. The van der Waals surface area contributed by atoms with Gasteiger partial charge in [0.1, 0.15) is 23.0 Å². The third kappa shape index (κ3) is 3.65. The second-order valence-electron chi connectivity index (χ2n) is 6.60. The number of Topliss-reactive ketones (excluding diaryl/α,β-unsaturated/α-hetero) is 1. The molecule has 148 valence electrons. The summed E-state index contributed by atoms with van der Waals surface area (Å²) in [5.41, 5.74) is 2.30. The summed E-state index contributed by atoms with van der Waals surface area (Å²) in [6.07, 6.45) is 5.16. The minimum atomic E-state index is -0.769. The van der Waals surface area contributed by atoms with Crippen molar-refractivity contribution in [2.24, 2.45) is 0 Å². The Morgan fingerprint density at radius 1 is 1.28 bits per heavy atom. The number of carbonyl (C=O) groups excluding carboxylic acids is 2. The molecule has 7 heteroatoms. The molecule has 0 fully saturated rings. The van der Waals surface area contributed by atoms with E-state index >= 15 is 0 Å². The zero-order valence-corrected chi connectivity index (χ0v) is 16.6. The Hall–Kier alpha value is -3.79. The monoisotopic (exact) mass is 391 g/mol. The van der Waals surface area contributed by atoms with Gasteiger partial charge in [-0.15, -0.1) is 6.58 Å². The molecule has 0 saturated heterocycles. The van der Waals surface area contributed by atoms with Gasteiger partial charge >= 0.3 is 5.97 Å². The van der Waals surface area contributed by atoms with E-state index in [-0.39, 0.29) is 28.6 Å². The fourth-order valence-electron chi connectivity index (χ4n) is 3.31. The number of hydrogen-bond acceptors (Lipinski definition) is 5. The molecule has 29 heavy (non-hydrogen) atoms. The fourth-order valence-corrected chi connectivity index (χ4v) is 3.31. The first kappa shape index (κ1) is 20.0. The lowest BCUT2D eigenvalue weighted by molar-refractivity contribution is 0.0472. The maximum atomic E-state index is 12.6. The Bertz CT molecular complexity index is 1120. The Morgan fingerprint density at radius 3 is 2.59 bits per heavy atom. The highest BCUT2D eigenvalue weighted by molar-refractivity contribution is 6.01. The largest absolute Gasteiger partial charge is 0.454 e. The van der Waals surface area contributed by atoms with E-state index in [0.29, 0.717) is 12.1 Å². The number of furan rings is 1. The van der Waals surface area contributed by atoms with Crippen LogP contribution in [0.1, 0.15) is 43.4 Å². The Labute approximate surface area is 168 Å². The number of hydrogen-bond donors (Lipinski definition) is 0. The number of ether oxygens (including phenoxy) is 1. The minimum Gasteiger partial charge on any atom is -0.454 e. The lowest BCUT2D eigenvalue weighted by Crippen LogP contribution is -2.16. The van der Waals surface area contributed by atoms with Crippen molar-refractivity contribution in [1.29, 1.82) is 5.26 Å². The summed E-state index contributed by atoms with van der Waals surface area (Å²) in [4.78, 5) is 25.2. The van der Waals surface area contributed by atoms with Gasteiger partial charge in [-0.1, -0.05) is 6.08 Å². The molecule has 0 bridgehead atoms. The van der Waals surface area contributed by atoms with Crippen LogP contribution in [0, 0.1) is 32.1 Å². The summed E-state index contributed by atoms with van der Waals surface area (Å²) in [6.45, 7) is 9.20. The van der Waals surface area contributed by atoms with Gasteiger partial charge in [0, 0.05) is 35.9 Å². The van der Waals surface area contributed by atoms with E-state index in [4.69, 9.17) is 9.15 Å². The topological polar surface area (TPSA) is 90.2 Å². The predicted octanol–water partition coefficient (Wildman–Crippen LogP) is 3.89. The quantitative estimate of drug-likeness (QED) is 0.346. The molecule has 0 aliphatic heterocycles. The van der Waals surface area contributed by atoms with Crippen molar-refractivity contribution in [3.8, 4) is 12.0 Å². The lowest BCUT2D eigenvalue weighted by Gasteiger charge is -2.07. The molecule has 0 aliphatic carbocycles. The molecule has 3 rings (SSSR count). The van der Waals surface area contributed by atoms with Gasteiger partial charge in [0.05, 0.1) is 0 Å². The Balaban J connectivity index is 1.80. The number of aryl methyl sites for hydroxylation is 2. The van der Waals surface area contributed by atoms with Crippen LogP contribution < -0.4 is 0 Å². The molecule has 0 saturated carbocycles. The Morgan fingerprint density at radius 2 is 1.97 bits per heavy atom. The molecule has 7 nitrogen and oxygen atoms in total. The van der Waals surface area contributed by atoms with Gasteiger partial charge < -0.3 is 13.7 Å². The van der Waals surface area contributed by atoms with Gasteiger partial charge in [-0.3, -0.25) is 9.36 Å². The van der Waals surface area contributed by atoms with Crippen molar-refractivity contribution in [2.45, 2.75) is 27.3 Å². The SMILES string of the molecule is C=CCn1c(C)cc(C(=O)COC(=O)c2c(C)oc(-n3cccc3)c2C#N)c1C. The smallest absolute Gasteiger partial charge is 0.343 e. The second kappa shape index (κ2) is 8.07. The van der Waals surface area contributed by atoms with Crippen LogP contribution in [-0.4, -0.2) is 27.5 Å². The molecule has 0 amide bonds. The van der Waals surface area contributed by atoms with Crippen LogP contribution >= 0.6 is 0 Å². The van der Waals surface area contributed by atoms with Gasteiger partial charge in [0.25, 0.3) is 0 Å². The summed E-state index contributed by atoms with van der Waals surface area (Å²) in [7, 11) is 0. The first-order valence-electron chi connectivity index (χ1n) is 9.03. The molecule has 0 unspecified atom stereocenters. The maximum Gasteiger partial charge on any atom is 0.343 e. The zero-order valence-electron chi connectivity index (χ0n) is 16.6. The highest BCUT2D eigenvalue weighted by atomic mass is 16.5. The van der Waals surface area contributed by atoms with Crippen molar-refractivity contribution >= 4 is 11.8 Å². The normalized spacial score (nSPS) is 10.6. The first-order valence-corrected chi connectivity index (χ1v) is 9.03. The summed E-state index contributed by atoms with van der Waals surface area (Å²) < 4.78 is 14.4. The third-order valence-corrected chi connectivity index (χ3v) is 4.74. The molecule has 3 aromatic heterocycles. The maximum absolute atomic E-state index is 12.6. The van der Waals surface area contributed by atoms with Gasteiger partial charge in [-0.05, 0) is 39.0 Å². The first-order chi connectivity index (χ1) is 13.9. The zero-order chi connectivity index (χ0) is 21.1. The lowest BCUT2D eigenvalue weighted by atomic mass is 10.1. The van der Waals surface area contributed by atoms with Crippen molar-refractivity contribution in [1.82, 2.24) is 9.13 Å². The number of nitriles is 1. The van der Waals surface area contributed by atoms with Crippen LogP contribution in [0.3, 0.4) is 0 Å². The molecule has 3 aromatic rings. The van der Waals surface area contributed by atoms with Gasteiger partial charge in [-0.2, -0.15) is 5.26 Å². The number of ketones is 1. The molecular weight excluding hydrogens is 370 g/mol. The van der Waals surface area contributed by atoms with Gasteiger partial charge in [0.2, 0.25) is 11.7 Å². The molecule has 0 spiro atoms. The van der Waals surface area contributed by atoms with Crippen molar-refractivity contribution in [3.05, 3.63) is 77.1 Å². The standard InChI is InChI=1S/C22H21N3O4/c1-5-8-25-14(2)11-17(15(25)3)19(26)13-28-22(27)20-16(4)29-21(18(20)12-23)24-9-6-7-10-24/h5-7,9-11H,1,8,13H2,2-4H3. The van der Waals surface area contributed by atoms with E-state index in [0.717, 1.165) is 11.4 Å². The molecule has 3 heterocycles. The van der Waals surface area contributed by atoms with E-state index in [1.807, 2.05) is 24.5 Å². The van der Waals surface area contributed by atoms with Crippen LogP contribution in [0.15, 0.2) is 47.7 Å². The third-order valence-electron chi connectivity index (χ3n) is 4.74. The molecule has 0 N–H and O–H groups in total. The van der Waals surface area contributed by atoms with Crippen molar-refractivity contribution < 1.29 is 18.7 Å². The molecular formula is C22H21N3O4. The molecule has 0 aromatic carbocycles. The summed E-state index contributed by atoms with van der Waals surface area (Å²) >= 11 is 0. The van der Waals surface area contributed by atoms with Crippen LogP contribution in [0.2, 0.25) is 0 Å². The van der Waals surface area contributed by atoms with E-state index in [1.54, 1.807) is 48.2 Å². The van der Waals surface area contributed by atoms with E-state index < -0.39 is 12.6 Å². The number of aromatic nitrogens is 2. The van der Waals surface area contributed by atoms with E-state index in [1.165, 1.54) is 0 Å². The average molecular weight is 391 g/mol. The van der Waals surface area contributed by atoms with Crippen molar-refractivity contribution in [2.75, 3.05) is 6.61 Å². The van der Waals surface area contributed by atoms with Crippen LogP contribution in [0.25, 0.3) is 5.88 Å². The van der Waals surface area contributed by atoms with Crippen LogP contribution in [-0.2, 0) is 11.3 Å². The number of carbonyl (C=O) groups is 2. The van der Waals surface area contributed by atoms with Crippen LogP contribution in [0.4, 0.5) is 0 Å². The van der Waals surface area contributed by atoms with Crippen LogP contribution in [0.5, 0.6) is 0 Å². The van der Waals surface area contributed by atoms with Crippen molar-refractivity contribution in [3.63, 3.8) is 0 Å².